The van der Waals surface area contributed by atoms with Gasteiger partial charge in [0.1, 0.15) is 23.1 Å². The predicted octanol–water partition coefficient (Wildman–Crippen LogP) is 1.47. The van der Waals surface area contributed by atoms with Crippen LogP contribution in [0.3, 0.4) is 0 Å². The van der Waals surface area contributed by atoms with Gasteiger partial charge in [-0.1, -0.05) is 0 Å². The van der Waals surface area contributed by atoms with Gasteiger partial charge in [-0.25, -0.2) is 22.2 Å². The van der Waals surface area contributed by atoms with Crippen LogP contribution in [0.4, 0.5) is 13.9 Å². The lowest BCUT2D eigenvalue weighted by atomic mass is 10.3. The fraction of sp³-hybridized carbons (Fsp3) is 0.429. The number of piperazine rings is 1. The Morgan fingerprint density at radius 1 is 1.24 bits per heavy atom. The number of rotatable bonds is 5. The van der Waals surface area contributed by atoms with Crippen LogP contribution >= 0.6 is 11.5 Å². The maximum absolute atomic E-state index is 13.8. The first kappa shape index (κ1) is 18.1. The number of ether oxygens (including phenoxy) is 1. The molecule has 2 aromatic rings. The molecular weight excluding hydrogens is 374 g/mol. The Labute approximate surface area is 148 Å². The maximum atomic E-state index is 13.8. The summed E-state index contributed by atoms with van der Waals surface area (Å²) in [6.45, 7) is 1.38. The Morgan fingerprint density at radius 3 is 2.64 bits per heavy atom. The molecule has 1 aromatic heterocycles. The van der Waals surface area contributed by atoms with E-state index in [9.17, 15) is 17.2 Å². The summed E-state index contributed by atoms with van der Waals surface area (Å²) < 4.78 is 62.5. The summed E-state index contributed by atoms with van der Waals surface area (Å²) in [6.07, 6.45) is 0. The standard InChI is InChI=1S/C14H16F2N4O3S2/c1-23-9-13-17-14(24-18-13)19-4-6-20(7-5-19)25(21,22)12-8-10(15)2-3-11(12)16/h2-3,8H,4-7,9H2,1H3. The van der Waals surface area contributed by atoms with Gasteiger partial charge in [-0.2, -0.15) is 8.68 Å². The van der Waals surface area contributed by atoms with Gasteiger partial charge in [-0.05, 0) is 18.2 Å². The minimum Gasteiger partial charge on any atom is -0.377 e. The largest absolute Gasteiger partial charge is 0.377 e. The smallest absolute Gasteiger partial charge is 0.246 e. The molecular formula is C14H16F2N4O3S2. The minimum atomic E-state index is -4.09. The molecule has 7 nitrogen and oxygen atoms in total. The number of methoxy groups -OCH3 is 1. The van der Waals surface area contributed by atoms with Crippen molar-refractivity contribution in [2.75, 3.05) is 38.2 Å². The molecule has 1 aliphatic rings. The summed E-state index contributed by atoms with van der Waals surface area (Å²) in [5.74, 6) is -1.19. The summed E-state index contributed by atoms with van der Waals surface area (Å²) in [4.78, 5) is 5.59. The van der Waals surface area contributed by atoms with Crippen LogP contribution < -0.4 is 4.90 Å². The van der Waals surface area contributed by atoms with E-state index in [1.165, 1.54) is 11.5 Å². The third kappa shape index (κ3) is 3.78. The summed E-state index contributed by atoms with van der Waals surface area (Å²) in [7, 11) is -2.53. The SMILES string of the molecule is COCc1nsc(N2CCN(S(=O)(=O)c3cc(F)ccc3F)CC2)n1. The lowest BCUT2D eigenvalue weighted by molar-refractivity contribution is 0.179. The summed E-state index contributed by atoms with van der Waals surface area (Å²) in [5, 5.41) is 0.682. The predicted molar refractivity (Wildman–Crippen MR) is 88.0 cm³/mol. The molecule has 1 aromatic carbocycles. The molecule has 1 saturated heterocycles. The summed E-state index contributed by atoms with van der Waals surface area (Å²) in [6, 6.07) is 2.41. The molecule has 0 radical (unpaired) electrons. The molecule has 1 aliphatic heterocycles. The van der Waals surface area contributed by atoms with E-state index in [0.29, 0.717) is 36.7 Å². The normalized spacial score (nSPS) is 16.4. The lowest BCUT2D eigenvalue weighted by Gasteiger charge is -2.33. The van der Waals surface area contributed by atoms with Crippen molar-refractivity contribution < 1.29 is 21.9 Å². The van der Waals surface area contributed by atoms with E-state index in [4.69, 9.17) is 4.74 Å². The van der Waals surface area contributed by atoms with Crippen LogP contribution in [-0.2, 0) is 21.4 Å². The van der Waals surface area contributed by atoms with Crippen molar-refractivity contribution in [3.63, 3.8) is 0 Å². The van der Waals surface area contributed by atoms with Gasteiger partial charge in [0.05, 0.1) is 0 Å². The third-order valence-electron chi connectivity index (χ3n) is 3.75. The van der Waals surface area contributed by atoms with E-state index in [0.717, 1.165) is 16.4 Å². The van der Waals surface area contributed by atoms with E-state index >= 15 is 0 Å². The van der Waals surface area contributed by atoms with Crippen molar-refractivity contribution in [3.05, 3.63) is 35.7 Å². The third-order valence-corrected chi connectivity index (χ3v) is 6.48. The van der Waals surface area contributed by atoms with Crippen LogP contribution in [0.5, 0.6) is 0 Å². The van der Waals surface area contributed by atoms with E-state index in [2.05, 4.69) is 9.36 Å². The van der Waals surface area contributed by atoms with Gasteiger partial charge in [0.15, 0.2) is 5.82 Å². The molecule has 2 heterocycles. The second kappa shape index (κ2) is 7.28. The summed E-state index contributed by atoms with van der Waals surface area (Å²) in [5.41, 5.74) is 0. The molecule has 0 atom stereocenters. The van der Waals surface area contributed by atoms with Crippen molar-refractivity contribution in [2.24, 2.45) is 0 Å². The fourth-order valence-corrected chi connectivity index (χ4v) is 4.72. The van der Waals surface area contributed by atoms with Crippen molar-refractivity contribution in [1.82, 2.24) is 13.7 Å². The zero-order valence-electron chi connectivity index (χ0n) is 13.4. The fourth-order valence-electron chi connectivity index (χ4n) is 2.49. The van der Waals surface area contributed by atoms with Crippen LogP contribution in [0.25, 0.3) is 0 Å². The molecule has 25 heavy (non-hydrogen) atoms. The highest BCUT2D eigenvalue weighted by molar-refractivity contribution is 7.89. The topological polar surface area (TPSA) is 75.6 Å². The molecule has 0 spiro atoms. The van der Waals surface area contributed by atoms with Crippen LogP contribution in [-0.4, -0.2) is 55.4 Å². The van der Waals surface area contributed by atoms with Crippen LogP contribution in [0, 0.1) is 11.6 Å². The average molecular weight is 390 g/mol. The quantitative estimate of drug-likeness (QED) is 0.770. The second-order valence-electron chi connectivity index (χ2n) is 5.39. The van der Waals surface area contributed by atoms with Gasteiger partial charge >= 0.3 is 0 Å². The number of anilines is 1. The zero-order valence-corrected chi connectivity index (χ0v) is 15.0. The van der Waals surface area contributed by atoms with Crippen molar-refractivity contribution in [2.45, 2.75) is 11.5 Å². The van der Waals surface area contributed by atoms with Gasteiger partial charge in [-0.15, -0.1) is 0 Å². The average Bonchev–Trinajstić information content (AvgIpc) is 3.06. The molecule has 0 bridgehead atoms. The van der Waals surface area contributed by atoms with Gasteiger partial charge < -0.3 is 9.64 Å². The minimum absolute atomic E-state index is 0.150. The van der Waals surface area contributed by atoms with E-state index in [-0.39, 0.29) is 13.1 Å². The van der Waals surface area contributed by atoms with E-state index in [1.807, 2.05) is 4.90 Å². The highest BCUT2D eigenvalue weighted by Crippen LogP contribution is 2.24. The van der Waals surface area contributed by atoms with E-state index in [1.54, 1.807) is 7.11 Å². The number of hydrogen-bond acceptors (Lipinski definition) is 7. The van der Waals surface area contributed by atoms with Gasteiger partial charge in [0.2, 0.25) is 15.2 Å². The molecule has 0 N–H and O–H groups in total. The number of aromatic nitrogens is 2. The van der Waals surface area contributed by atoms with Crippen molar-refractivity contribution in [3.8, 4) is 0 Å². The molecule has 0 unspecified atom stereocenters. The molecule has 3 rings (SSSR count). The number of benzene rings is 1. The van der Waals surface area contributed by atoms with Crippen LogP contribution in [0.15, 0.2) is 23.1 Å². The van der Waals surface area contributed by atoms with Gasteiger partial charge in [0.25, 0.3) is 0 Å². The van der Waals surface area contributed by atoms with Crippen molar-refractivity contribution >= 4 is 26.7 Å². The maximum Gasteiger partial charge on any atom is 0.246 e. The Kier molecular flexibility index (Phi) is 5.27. The monoisotopic (exact) mass is 390 g/mol. The molecule has 136 valence electrons. The highest BCUT2D eigenvalue weighted by atomic mass is 32.2. The number of halogens is 2. The zero-order chi connectivity index (χ0) is 18.0. The molecule has 11 heteroatoms. The Hall–Kier alpha value is -1.69. The molecule has 0 amide bonds. The second-order valence-corrected chi connectivity index (χ2v) is 8.03. The van der Waals surface area contributed by atoms with Gasteiger partial charge in [-0.3, -0.25) is 0 Å². The Bertz CT molecular complexity index is 852. The number of sulfonamides is 1. The van der Waals surface area contributed by atoms with E-state index < -0.39 is 26.6 Å². The first-order valence-corrected chi connectivity index (χ1v) is 9.65. The first-order valence-electron chi connectivity index (χ1n) is 7.43. The number of hydrogen-bond donors (Lipinski definition) is 0. The van der Waals surface area contributed by atoms with Crippen molar-refractivity contribution in [1.29, 1.82) is 0 Å². The Morgan fingerprint density at radius 2 is 1.96 bits per heavy atom. The highest BCUT2D eigenvalue weighted by Gasteiger charge is 2.31. The van der Waals surface area contributed by atoms with Gasteiger partial charge in [0, 0.05) is 44.8 Å². The summed E-state index contributed by atoms with van der Waals surface area (Å²) >= 11 is 1.21. The molecule has 0 saturated carbocycles. The van der Waals surface area contributed by atoms with Crippen LogP contribution in [0.1, 0.15) is 5.82 Å². The lowest BCUT2D eigenvalue weighted by Crippen LogP contribution is -2.48. The van der Waals surface area contributed by atoms with Crippen LogP contribution in [0.2, 0.25) is 0 Å². The molecule has 0 aliphatic carbocycles. The number of nitrogens with zero attached hydrogens (tertiary/aromatic N) is 4. The molecule has 1 fully saturated rings. The Balaban J connectivity index is 1.71. The first-order chi connectivity index (χ1) is 11.9.